The second kappa shape index (κ2) is 3.74. The summed E-state index contributed by atoms with van der Waals surface area (Å²) in [5.41, 5.74) is 0. The van der Waals surface area contributed by atoms with Gasteiger partial charge in [0.1, 0.15) is 0 Å². The highest BCUT2D eigenvalue weighted by Crippen LogP contribution is 2.10. The molecule has 0 saturated carbocycles. The lowest BCUT2D eigenvalue weighted by atomic mass is 10.4. The maximum Gasteiger partial charge on any atom is 0.0785 e. The summed E-state index contributed by atoms with van der Waals surface area (Å²) in [5.74, 6) is 0. The van der Waals surface area contributed by atoms with Gasteiger partial charge in [-0.2, -0.15) is 5.10 Å². The number of halogens is 1. The van der Waals surface area contributed by atoms with Crippen molar-refractivity contribution in [2.24, 2.45) is 0 Å². The number of aromatic nitrogens is 2. The van der Waals surface area contributed by atoms with Gasteiger partial charge >= 0.3 is 0 Å². The molecule has 1 heterocycles. The third kappa shape index (κ3) is 2.20. The molecule has 0 radical (unpaired) electrons. The molecule has 0 aliphatic carbocycles. The largest absolute Gasteiger partial charge is 0.382 e. The molecule has 4 heteroatoms. The van der Waals surface area contributed by atoms with Gasteiger partial charge in [0.2, 0.25) is 0 Å². The van der Waals surface area contributed by atoms with Gasteiger partial charge in [-0.25, -0.2) is 0 Å². The van der Waals surface area contributed by atoms with E-state index in [4.69, 9.17) is 16.3 Å². The molecule has 0 aliphatic rings. The van der Waals surface area contributed by atoms with Crippen LogP contribution >= 0.6 is 11.6 Å². The van der Waals surface area contributed by atoms with Gasteiger partial charge in [0.25, 0.3) is 0 Å². The van der Waals surface area contributed by atoms with Gasteiger partial charge in [0, 0.05) is 13.3 Å². The van der Waals surface area contributed by atoms with Crippen LogP contribution in [0.5, 0.6) is 0 Å². The van der Waals surface area contributed by atoms with Gasteiger partial charge in [-0.1, -0.05) is 11.6 Å². The summed E-state index contributed by atoms with van der Waals surface area (Å²) in [6.45, 7) is 2.67. The first-order chi connectivity index (χ1) is 5.24. The summed E-state index contributed by atoms with van der Waals surface area (Å²) >= 11 is 5.68. The molecule has 0 aromatic carbocycles. The molecule has 0 aliphatic heterocycles. The summed E-state index contributed by atoms with van der Waals surface area (Å²) in [6.07, 6.45) is 3.40. The smallest absolute Gasteiger partial charge is 0.0785 e. The predicted molar refractivity (Wildman–Crippen MR) is 43.8 cm³/mol. The van der Waals surface area contributed by atoms with Crippen LogP contribution in [0.25, 0.3) is 0 Å². The van der Waals surface area contributed by atoms with Crippen molar-refractivity contribution in [3.05, 3.63) is 17.4 Å². The minimum absolute atomic E-state index is 0.243. The first kappa shape index (κ1) is 8.56. The Morgan fingerprint density at radius 2 is 2.55 bits per heavy atom. The van der Waals surface area contributed by atoms with E-state index in [0.29, 0.717) is 11.6 Å². The van der Waals surface area contributed by atoms with Crippen LogP contribution in [-0.2, 0) is 4.74 Å². The zero-order valence-corrected chi connectivity index (χ0v) is 7.38. The monoisotopic (exact) mass is 174 g/mol. The first-order valence-corrected chi connectivity index (χ1v) is 3.80. The van der Waals surface area contributed by atoms with E-state index in [1.54, 1.807) is 24.2 Å². The molecule has 1 aromatic rings. The highest BCUT2D eigenvalue weighted by Gasteiger charge is 2.04. The third-order valence-corrected chi connectivity index (χ3v) is 1.62. The Morgan fingerprint density at radius 1 is 1.82 bits per heavy atom. The number of rotatable bonds is 3. The molecule has 0 spiro atoms. The fourth-order valence-corrected chi connectivity index (χ4v) is 1.02. The fourth-order valence-electron chi connectivity index (χ4n) is 0.873. The van der Waals surface area contributed by atoms with Crippen molar-refractivity contribution < 1.29 is 4.74 Å². The predicted octanol–water partition coefficient (Wildman–Crippen LogP) is 1.74. The van der Waals surface area contributed by atoms with E-state index in [-0.39, 0.29) is 6.04 Å². The molecule has 1 atom stereocenters. The van der Waals surface area contributed by atoms with E-state index >= 15 is 0 Å². The summed E-state index contributed by atoms with van der Waals surface area (Å²) in [4.78, 5) is 0. The molecule has 0 fully saturated rings. The Labute approximate surface area is 70.9 Å². The van der Waals surface area contributed by atoms with Crippen LogP contribution in [0.2, 0.25) is 5.02 Å². The van der Waals surface area contributed by atoms with Crippen LogP contribution in [0.15, 0.2) is 12.4 Å². The van der Waals surface area contributed by atoms with Crippen LogP contribution in [0.1, 0.15) is 13.0 Å². The van der Waals surface area contributed by atoms with Gasteiger partial charge < -0.3 is 4.74 Å². The quantitative estimate of drug-likeness (QED) is 0.698. The first-order valence-electron chi connectivity index (χ1n) is 3.42. The highest BCUT2D eigenvalue weighted by molar-refractivity contribution is 6.30. The van der Waals surface area contributed by atoms with Gasteiger partial charge in [-0.05, 0) is 6.92 Å². The van der Waals surface area contributed by atoms with Crippen molar-refractivity contribution in [3.63, 3.8) is 0 Å². The average Bonchev–Trinajstić information content (AvgIpc) is 2.36. The van der Waals surface area contributed by atoms with Gasteiger partial charge in [0.15, 0.2) is 0 Å². The van der Waals surface area contributed by atoms with E-state index in [0.717, 1.165) is 0 Å². The van der Waals surface area contributed by atoms with Crippen LogP contribution in [-0.4, -0.2) is 23.5 Å². The van der Waals surface area contributed by atoms with Crippen LogP contribution < -0.4 is 0 Å². The zero-order valence-electron chi connectivity index (χ0n) is 6.62. The second-order valence-electron chi connectivity index (χ2n) is 2.44. The Bertz CT molecular complexity index is 224. The lowest BCUT2D eigenvalue weighted by molar-refractivity contribution is 0.157. The summed E-state index contributed by atoms with van der Waals surface area (Å²) in [6, 6.07) is 0.243. The van der Waals surface area contributed by atoms with E-state index in [9.17, 15) is 0 Å². The molecular weight excluding hydrogens is 164 g/mol. The average molecular weight is 175 g/mol. The summed E-state index contributed by atoms with van der Waals surface area (Å²) in [7, 11) is 1.67. The number of methoxy groups -OCH3 is 1. The maximum atomic E-state index is 5.68. The Morgan fingerprint density at radius 3 is 3.00 bits per heavy atom. The number of hydrogen-bond acceptors (Lipinski definition) is 2. The fraction of sp³-hybridized carbons (Fsp3) is 0.571. The van der Waals surface area contributed by atoms with Crippen molar-refractivity contribution in [1.29, 1.82) is 0 Å². The lowest BCUT2D eigenvalue weighted by Crippen LogP contribution is -2.10. The summed E-state index contributed by atoms with van der Waals surface area (Å²) < 4.78 is 6.75. The molecule has 1 aromatic heterocycles. The van der Waals surface area contributed by atoms with Gasteiger partial charge in [-0.15, -0.1) is 0 Å². The van der Waals surface area contributed by atoms with E-state index in [2.05, 4.69) is 5.10 Å². The van der Waals surface area contributed by atoms with Crippen molar-refractivity contribution >= 4 is 11.6 Å². The second-order valence-corrected chi connectivity index (χ2v) is 2.88. The van der Waals surface area contributed by atoms with Crippen molar-refractivity contribution in [2.75, 3.05) is 13.7 Å². The third-order valence-electron chi connectivity index (χ3n) is 1.43. The molecule has 62 valence electrons. The SMILES string of the molecule is COC[C@H](C)n1cc(Cl)cn1. The molecule has 0 unspecified atom stereocenters. The van der Waals surface area contributed by atoms with E-state index in [1.165, 1.54) is 0 Å². The van der Waals surface area contributed by atoms with Crippen molar-refractivity contribution in [3.8, 4) is 0 Å². The molecule has 3 nitrogen and oxygen atoms in total. The van der Waals surface area contributed by atoms with Gasteiger partial charge in [0.05, 0.1) is 23.9 Å². The standard InChI is InChI=1S/C7H11ClN2O/c1-6(5-11-2)10-4-7(8)3-9-10/h3-4,6H,5H2,1-2H3/t6-/m0/s1. The minimum Gasteiger partial charge on any atom is -0.382 e. The van der Waals surface area contributed by atoms with Gasteiger partial charge in [-0.3, -0.25) is 4.68 Å². The molecular formula is C7H11ClN2O. The minimum atomic E-state index is 0.243. The number of nitrogens with zero attached hydrogens (tertiary/aromatic N) is 2. The molecule has 1 rings (SSSR count). The van der Waals surface area contributed by atoms with Crippen LogP contribution in [0.3, 0.4) is 0 Å². The Hall–Kier alpha value is -0.540. The Balaban J connectivity index is 2.60. The highest BCUT2D eigenvalue weighted by atomic mass is 35.5. The maximum absolute atomic E-state index is 5.68. The molecule has 0 bridgehead atoms. The number of ether oxygens (including phenoxy) is 1. The molecule has 0 amide bonds. The molecule has 0 N–H and O–H groups in total. The Kier molecular flexibility index (Phi) is 2.91. The van der Waals surface area contributed by atoms with Crippen LogP contribution in [0.4, 0.5) is 0 Å². The zero-order chi connectivity index (χ0) is 8.27. The summed E-state index contributed by atoms with van der Waals surface area (Å²) in [5, 5.41) is 4.70. The van der Waals surface area contributed by atoms with E-state index < -0.39 is 0 Å². The van der Waals surface area contributed by atoms with Crippen molar-refractivity contribution in [2.45, 2.75) is 13.0 Å². The topological polar surface area (TPSA) is 27.1 Å². The van der Waals surface area contributed by atoms with Crippen LogP contribution in [0, 0.1) is 0 Å². The lowest BCUT2D eigenvalue weighted by Gasteiger charge is -2.09. The molecule has 11 heavy (non-hydrogen) atoms. The number of hydrogen-bond donors (Lipinski definition) is 0. The molecule has 0 saturated heterocycles. The normalized spacial score (nSPS) is 13.4. The van der Waals surface area contributed by atoms with Crippen molar-refractivity contribution in [1.82, 2.24) is 9.78 Å². The van der Waals surface area contributed by atoms with E-state index in [1.807, 2.05) is 6.92 Å².